The van der Waals surface area contributed by atoms with Gasteiger partial charge in [0.1, 0.15) is 5.69 Å². The summed E-state index contributed by atoms with van der Waals surface area (Å²) >= 11 is 0. The Balaban J connectivity index is 1.52. The highest BCUT2D eigenvalue weighted by atomic mass is 16.5. The van der Waals surface area contributed by atoms with Crippen molar-refractivity contribution in [1.29, 1.82) is 0 Å². The Kier molecular flexibility index (Phi) is 8.77. The van der Waals surface area contributed by atoms with Gasteiger partial charge >= 0.3 is 5.97 Å². The van der Waals surface area contributed by atoms with Crippen LogP contribution in [0.25, 0.3) is 22.0 Å². The fourth-order valence-corrected chi connectivity index (χ4v) is 5.96. The summed E-state index contributed by atoms with van der Waals surface area (Å²) < 4.78 is 8.65. The maximum atomic E-state index is 14.5. The van der Waals surface area contributed by atoms with E-state index in [0.29, 0.717) is 31.9 Å². The predicted octanol–water partition coefficient (Wildman–Crippen LogP) is 5.03. The van der Waals surface area contributed by atoms with E-state index < -0.39 is 5.97 Å². The van der Waals surface area contributed by atoms with E-state index in [4.69, 9.17) is 4.74 Å². The van der Waals surface area contributed by atoms with Gasteiger partial charge in [0.15, 0.2) is 0 Å². The van der Waals surface area contributed by atoms with Gasteiger partial charge in [0.05, 0.1) is 30.9 Å². The number of carbonyl (C=O) groups excluding carboxylic acids is 1. The van der Waals surface area contributed by atoms with Crippen LogP contribution in [0.15, 0.2) is 72.8 Å². The highest BCUT2D eigenvalue weighted by Gasteiger charge is 2.33. The number of ether oxygens (including phenoxy) is 1. The third kappa shape index (κ3) is 5.83. The molecule has 3 atom stereocenters. The van der Waals surface area contributed by atoms with Crippen LogP contribution in [-0.2, 0) is 24.9 Å². The first-order chi connectivity index (χ1) is 20.2. The number of aliphatic hydroxyl groups excluding tert-OH is 1. The molecule has 1 aliphatic heterocycles. The van der Waals surface area contributed by atoms with Crippen molar-refractivity contribution in [2.45, 2.75) is 39.1 Å². The van der Waals surface area contributed by atoms with Crippen molar-refractivity contribution in [2.24, 2.45) is 13.0 Å². The van der Waals surface area contributed by atoms with Gasteiger partial charge in [-0.25, -0.2) is 4.79 Å². The Morgan fingerprint density at radius 1 is 1.07 bits per heavy atom. The van der Waals surface area contributed by atoms with E-state index in [2.05, 4.69) is 30.0 Å². The molecule has 0 fully saturated rings. The summed E-state index contributed by atoms with van der Waals surface area (Å²) in [5, 5.41) is 20.4. The summed E-state index contributed by atoms with van der Waals surface area (Å²) in [6.07, 6.45) is -0.208. The average Bonchev–Trinajstić information content (AvgIpc) is 3.28. The number of rotatable bonds is 7. The molecule has 8 heteroatoms. The zero-order valence-electron chi connectivity index (χ0n) is 24.7. The summed E-state index contributed by atoms with van der Waals surface area (Å²) in [5.74, 6) is -1.09. The van der Waals surface area contributed by atoms with E-state index in [9.17, 15) is 19.8 Å². The number of amides is 1. The number of carbonyl (C=O) groups is 2. The lowest BCUT2D eigenvalue weighted by Gasteiger charge is -2.35. The molecule has 2 N–H and O–H groups in total. The van der Waals surface area contributed by atoms with E-state index in [0.717, 1.165) is 33.2 Å². The minimum Gasteiger partial charge on any atom is -0.478 e. The third-order valence-corrected chi connectivity index (χ3v) is 8.37. The number of nitrogens with zero attached hydrogens (tertiary/aromatic N) is 3. The number of carboxylic acid groups (broad SMARTS) is 1. The first kappa shape index (κ1) is 29.5. The topological polar surface area (TPSA) is 95.2 Å². The van der Waals surface area contributed by atoms with Gasteiger partial charge in [-0.1, -0.05) is 61.5 Å². The fourth-order valence-electron chi connectivity index (χ4n) is 5.96. The zero-order chi connectivity index (χ0) is 30.0. The second kappa shape index (κ2) is 12.5. The first-order valence-electron chi connectivity index (χ1n) is 14.4. The van der Waals surface area contributed by atoms with Crippen LogP contribution in [0.4, 0.5) is 0 Å². The second-order valence-corrected chi connectivity index (χ2v) is 11.5. The molecule has 220 valence electrons. The zero-order valence-corrected chi connectivity index (χ0v) is 24.7. The van der Waals surface area contributed by atoms with Gasteiger partial charge in [-0.05, 0) is 48.9 Å². The molecule has 1 amide bonds. The molecule has 1 aromatic heterocycles. The van der Waals surface area contributed by atoms with Crippen molar-refractivity contribution >= 4 is 22.8 Å². The molecule has 2 heterocycles. The largest absolute Gasteiger partial charge is 0.478 e. The van der Waals surface area contributed by atoms with Crippen molar-refractivity contribution in [1.82, 2.24) is 14.4 Å². The Morgan fingerprint density at radius 3 is 2.48 bits per heavy atom. The normalized spacial score (nSPS) is 18.4. The van der Waals surface area contributed by atoms with Crippen LogP contribution in [0.2, 0.25) is 0 Å². The van der Waals surface area contributed by atoms with Crippen molar-refractivity contribution in [3.05, 3.63) is 95.2 Å². The number of aromatic carboxylic acids is 1. The molecule has 42 heavy (non-hydrogen) atoms. The van der Waals surface area contributed by atoms with Gasteiger partial charge in [0.25, 0.3) is 5.91 Å². The maximum Gasteiger partial charge on any atom is 0.335 e. The number of hydrogen-bond donors (Lipinski definition) is 2. The van der Waals surface area contributed by atoms with E-state index in [1.165, 1.54) is 0 Å². The van der Waals surface area contributed by atoms with E-state index in [1.54, 1.807) is 17.0 Å². The molecule has 0 saturated carbocycles. The molecule has 4 aromatic rings. The van der Waals surface area contributed by atoms with E-state index >= 15 is 0 Å². The third-order valence-electron chi connectivity index (χ3n) is 8.37. The Bertz CT molecular complexity index is 1580. The molecule has 8 nitrogen and oxygen atoms in total. The Labute approximate surface area is 246 Å². The summed E-state index contributed by atoms with van der Waals surface area (Å²) in [6, 6.07) is 22.7. The van der Waals surface area contributed by atoms with Gasteiger partial charge in [-0.15, -0.1) is 0 Å². The predicted molar refractivity (Wildman–Crippen MR) is 163 cm³/mol. The van der Waals surface area contributed by atoms with Crippen LogP contribution in [0.3, 0.4) is 0 Å². The Morgan fingerprint density at radius 2 is 1.76 bits per heavy atom. The Hall–Kier alpha value is -3.98. The lowest BCUT2D eigenvalue weighted by atomic mass is 9.96. The summed E-state index contributed by atoms with van der Waals surface area (Å²) in [5.41, 5.74) is 5.72. The first-order valence-corrected chi connectivity index (χ1v) is 14.4. The summed E-state index contributed by atoms with van der Waals surface area (Å²) in [6.45, 7) is 5.86. The molecule has 0 saturated heterocycles. The number of aromatic nitrogens is 1. The monoisotopic (exact) mass is 569 g/mol. The van der Waals surface area contributed by atoms with Crippen LogP contribution in [0.1, 0.15) is 45.8 Å². The average molecular weight is 570 g/mol. The number of aryl methyl sites for hydroxylation is 1. The van der Waals surface area contributed by atoms with Gasteiger partial charge in [0, 0.05) is 49.1 Å². The molecule has 0 unspecified atom stereocenters. The number of fused-ring (bicyclic) bond motifs is 5. The minimum atomic E-state index is -0.943. The maximum absolute atomic E-state index is 14.5. The number of para-hydroxylation sites is 1. The summed E-state index contributed by atoms with van der Waals surface area (Å²) in [7, 11) is 3.95. The highest BCUT2D eigenvalue weighted by molar-refractivity contribution is 6.10. The summed E-state index contributed by atoms with van der Waals surface area (Å²) in [4.78, 5) is 29.7. The van der Waals surface area contributed by atoms with Crippen molar-refractivity contribution in [3.63, 3.8) is 0 Å². The molecule has 0 aliphatic carbocycles. The highest BCUT2D eigenvalue weighted by Crippen LogP contribution is 2.38. The van der Waals surface area contributed by atoms with Crippen molar-refractivity contribution in [2.75, 3.05) is 26.7 Å². The quantitative estimate of drug-likeness (QED) is 0.324. The van der Waals surface area contributed by atoms with Crippen LogP contribution in [-0.4, -0.2) is 75.3 Å². The van der Waals surface area contributed by atoms with Crippen molar-refractivity contribution < 1.29 is 24.5 Å². The van der Waals surface area contributed by atoms with Crippen LogP contribution in [0, 0.1) is 5.92 Å². The van der Waals surface area contributed by atoms with Gasteiger partial charge in [-0.3, -0.25) is 9.69 Å². The van der Waals surface area contributed by atoms with Gasteiger partial charge < -0.3 is 24.4 Å². The number of hydrogen-bond acceptors (Lipinski definition) is 5. The van der Waals surface area contributed by atoms with E-state index in [-0.39, 0.29) is 36.1 Å². The number of benzene rings is 3. The molecule has 5 rings (SSSR count). The standard InChI is InChI=1S/C34H39N3O5/c1-22-17-37(23(2)20-38)33(39)32-31(28-11-7-8-12-29(28)36(32)4)27-10-6-5-9-26(27)21-42-30(22)19-35(3)18-24-13-15-25(16-14-24)34(40)41/h5-16,22-23,30,38H,17-21H2,1-4H3,(H,40,41)/t22-,23+,30+/m0/s1. The van der Waals surface area contributed by atoms with Gasteiger partial charge in [0.2, 0.25) is 0 Å². The molecular formula is C34H39N3O5. The number of carboxylic acids is 1. The molecule has 3 aromatic carbocycles. The lowest BCUT2D eigenvalue weighted by Crippen LogP contribution is -2.47. The fraction of sp³-hybridized carbons (Fsp3) is 0.353. The number of aliphatic hydroxyl groups is 1. The molecule has 0 radical (unpaired) electrons. The van der Waals surface area contributed by atoms with Crippen LogP contribution in [0.5, 0.6) is 0 Å². The van der Waals surface area contributed by atoms with Crippen LogP contribution >= 0.6 is 0 Å². The lowest BCUT2D eigenvalue weighted by molar-refractivity contribution is -0.0242. The molecule has 0 bridgehead atoms. The smallest absolute Gasteiger partial charge is 0.335 e. The molecule has 0 spiro atoms. The molecular weight excluding hydrogens is 530 g/mol. The SMILES string of the molecule is C[C@H](CO)N1C[C@H](C)[C@@H](CN(C)Cc2ccc(C(=O)O)cc2)OCc2ccccc2-c2c(n(C)c3ccccc23)C1=O. The van der Waals surface area contributed by atoms with E-state index in [1.807, 2.05) is 68.1 Å². The van der Waals surface area contributed by atoms with Gasteiger partial charge in [-0.2, -0.15) is 0 Å². The second-order valence-electron chi connectivity index (χ2n) is 11.5. The minimum absolute atomic E-state index is 0.0387. The molecule has 1 aliphatic rings. The van der Waals surface area contributed by atoms with Crippen molar-refractivity contribution in [3.8, 4) is 11.1 Å². The van der Waals surface area contributed by atoms with Crippen LogP contribution < -0.4 is 0 Å². The number of likely N-dealkylation sites (N-methyl/N-ethyl adjacent to an activating group) is 1.